The van der Waals surface area contributed by atoms with Crippen LogP contribution in [0.1, 0.15) is 31.9 Å². The summed E-state index contributed by atoms with van der Waals surface area (Å²) in [5.41, 5.74) is 1.31. The highest BCUT2D eigenvalue weighted by Gasteiger charge is 2.23. The summed E-state index contributed by atoms with van der Waals surface area (Å²) in [7, 11) is 0. The lowest BCUT2D eigenvalue weighted by Crippen LogP contribution is -2.25. The van der Waals surface area contributed by atoms with E-state index in [1.807, 2.05) is 51.1 Å². The van der Waals surface area contributed by atoms with Crippen LogP contribution in [0.15, 0.2) is 54.9 Å². The molecule has 0 spiro atoms. The molecule has 5 nitrogen and oxygen atoms in total. The molecule has 0 aliphatic rings. The van der Waals surface area contributed by atoms with Crippen LogP contribution in [0, 0.1) is 5.41 Å². The highest BCUT2D eigenvalue weighted by Crippen LogP contribution is 2.20. The molecule has 2 rings (SSSR count). The highest BCUT2D eigenvalue weighted by molar-refractivity contribution is 5.91. The van der Waals surface area contributed by atoms with Gasteiger partial charge < -0.3 is 10.1 Å². The molecule has 1 N–H and O–H groups in total. The number of carbonyl (C=O) groups is 2. The topological polar surface area (TPSA) is 68.3 Å². The Morgan fingerprint density at radius 1 is 1.19 bits per heavy atom. The molecule has 0 radical (unpaired) electrons. The van der Waals surface area contributed by atoms with E-state index >= 15 is 0 Å². The highest BCUT2D eigenvalue weighted by atomic mass is 16.5. The first kappa shape index (κ1) is 19.4. The van der Waals surface area contributed by atoms with Crippen LogP contribution in [0.2, 0.25) is 0 Å². The quantitative estimate of drug-likeness (QED) is 0.491. The Hall–Kier alpha value is -2.95. The van der Waals surface area contributed by atoms with Gasteiger partial charge >= 0.3 is 5.97 Å². The number of hydrogen-bond donors (Lipinski definition) is 1. The van der Waals surface area contributed by atoms with Gasteiger partial charge in [-0.05, 0) is 62.6 Å². The fraction of sp³-hybridized carbons (Fsp3) is 0.286. The molecule has 0 atom stereocenters. The summed E-state index contributed by atoms with van der Waals surface area (Å²) in [6.07, 6.45) is 7.22. The molecule has 1 aromatic heterocycles. The van der Waals surface area contributed by atoms with E-state index in [-0.39, 0.29) is 11.9 Å². The Balaban J connectivity index is 1.82. The van der Waals surface area contributed by atoms with Gasteiger partial charge in [0.15, 0.2) is 0 Å². The minimum atomic E-state index is -0.551. The number of amides is 1. The van der Waals surface area contributed by atoms with E-state index in [2.05, 4.69) is 10.3 Å². The van der Waals surface area contributed by atoms with Crippen molar-refractivity contribution in [2.24, 2.45) is 5.41 Å². The number of ether oxygens (including phenoxy) is 1. The van der Waals surface area contributed by atoms with Crippen LogP contribution in [0.4, 0.5) is 0 Å². The Morgan fingerprint density at radius 2 is 2.00 bits per heavy atom. The second kappa shape index (κ2) is 8.94. The summed E-state index contributed by atoms with van der Waals surface area (Å²) in [5.74, 6) is 0.0814. The Kier molecular flexibility index (Phi) is 6.67. The number of benzene rings is 1. The van der Waals surface area contributed by atoms with Crippen LogP contribution < -0.4 is 10.1 Å². The fourth-order valence-electron chi connectivity index (χ4n) is 2.06. The van der Waals surface area contributed by atoms with Crippen molar-refractivity contribution in [3.05, 3.63) is 66.0 Å². The summed E-state index contributed by atoms with van der Waals surface area (Å²) >= 11 is 0. The third-order valence-electron chi connectivity index (χ3n) is 3.55. The van der Waals surface area contributed by atoms with Crippen molar-refractivity contribution in [3.63, 3.8) is 0 Å². The zero-order valence-corrected chi connectivity index (χ0v) is 15.4. The van der Waals surface area contributed by atoms with Crippen molar-refractivity contribution < 1.29 is 14.3 Å². The van der Waals surface area contributed by atoms with E-state index in [0.717, 1.165) is 11.1 Å². The normalized spacial score (nSPS) is 11.3. The molecular weight excluding hydrogens is 328 g/mol. The van der Waals surface area contributed by atoms with Crippen LogP contribution in [0.5, 0.6) is 5.75 Å². The van der Waals surface area contributed by atoms with Crippen LogP contribution in [0.3, 0.4) is 0 Å². The maximum absolute atomic E-state index is 11.9. The number of pyridine rings is 1. The van der Waals surface area contributed by atoms with Gasteiger partial charge in [0, 0.05) is 25.0 Å². The molecule has 0 saturated carbocycles. The second-order valence-electron chi connectivity index (χ2n) is 6.95. The first-order chi connectivity index (χ1) is 12.3. The molecule has 2 aromatic rings. The van der Waals surface area contributed by atoms with Gasteiger partial charge in [0.25, 0.3) is 0 Å². The Labute approximate surface area is 154 Å². The average molecular weight is 352 g/mol. The average Bonchev–Trinajstić information content (AvgIpc) is 2.60. The van der Waals surface area contributed by atoms with Crippen LogP contribution in [-0.4, -0.2) is 23.4 Å². The van der Waals surface area contributed by atoms with Crippen molar-refractivity contribution in [1.29, 1.82) is 0 Å². The second-order valence-corrected chi connectivity index (χ2v) is 6.95. The predicted molar refractivity (Wildman–Crippen MR) is 102 cm³/mol. The van der Waals surface area contributed by atoms with Gasteiger partial charge in [0.1, 0.15) is 5.75 Å². The Morgan fingerprint density at radius 3 is 2.69 bits per heavy atom. The molecule has 0 saturated heterocycles. The molecule has 26 heavy (non-hydrogen) atoms. The number of nitrogens with zero attached hydrogens (tertiary/aromatic N) is 1. The standard InChI is InChI=1S/C21H24N2O3/c1-21(2,3)20(25)26-18-8-4-6-16(14-18)11-13-23-19(24)10-9-17-7-5-12-22-15-17/h4-10,12,14-15H,11,13H2,1-3H3,(H,23,24)/b10-9+. The lowest BCUT2D eigenvalue weighted by Gasteiger charge is -2.16. The zero-order chi connectivity index (χ0) is 19.0. The van der Waals surface area contributed by atoms with Crippen LogP contribution >= 0.6 is 0 Å². The minimum absolute atomic E-state index is 0.163. The summed E-state index contributed by atoms with van der Waals surface area (Å²) in [6.45, 7) is 5.93. The smallest absolute Gasteiger partial charge is 0.316 e. The SMILES string of the molecule is CC(C)(C)C(=O)Oc1cccc(CCNC(=O)/C=C/c2cccnc2)c1. The molecule has 0 unspecified atom stereocenters. The fourth-order valence-corrected chi connectivity index (χ4v) is 2.06. The number of esters is 1. The minimum Gasteiger partial charge on any atom is -0.426 e. The lowest BCUT2D eigenvalue weighted by molar-refractivity contribution is -0.143. The van der Waals surface area contributed by atoms with Crippen molar-refractivity contribution in [2.75, 3.05) is 6.54 Å². The molecule has 5 heteroatoms. The predicted octanol–water partition coefficient (Wildman–Crippen LogP) is 3.41. The van der Waals surface area contributed by atoms with Gasteiger partial charge in [0.05, 0.1) is 5.41 Å². The summed E-state index contributed by atoms with van der Waals surface area (Å²) < 4.78 is 5.39. The molecular formula is C21H24N2O3. The summed E-state index contributed by atoms with van der Waals surface area (Å²) in [5, 5.41) is 2.83. The van der Waals surface area contributed by atoms with E-state index in [1.54, 1.807) is 24.5 Å². The number of hydrogen-bond acceptors (Lipinski definition) is 4. The van der Waals surface area contributed by atoms with Crippen molar-refractivity contribution >= 4 is 18.0 Å². The number of rotatable bonds is 6. The monoisotopic (exact) mass is 352 g/mol. The van der Waals surface area contributed by atoms with Crippen molar-refractivity contribution in [3.8, 4) is 5.75 Å². The number of nitrogens with one attached hydrogen (secondary N) is 1. The summed E-state index contributed by atoms with van der Waals surface area (Å²) in [4.78, 5) is 27.8. The first-order valence-corrected chi connectivity index (χ1v) is 8.52. The van der Waals surface area contributed by atoms with Gasteiger partial charge in [-0.3, -0.25) is 14.6 Å². The van der Waals surface area contributed by atoms with Gasteiger partial charge in [-0.1, -0.05) is 18.2 Å². The molecule has 1 amide bonds. The first-order valence-electron chi connectivity index (χ1n) is 8.52. The number of aromatic nitrogens is 1. The van der Waals surface area contributed by atoms with Gasteiger partial charge in [-0.25, -0.2) is 0 Å². The van der Waals surface area contributed by atoms with E-state index in [0.29, 0.717) is 18.7 Å². The molecule has 1 aromatic carbocycles. The summed E-state index contributed by atoms with van der Waals surface area (Å²) in [6, 6.07) is 11.0. The maximum Gasteiger partial charge on any atom is 0.316 e. The third kappa shape index (κ3) is 6.51. The van der Waals surface area contributed by atoms with Gasteiger partial charge in [-0.15, -0.1) is 0 Å². The van der Waals surface area contributed by atoms with Crippen LogP contribution in [0.25, 0.3) is 6.08 Å². The van der Waals surface area contributed by atoms with E-state index in [9.17, 15) is 9.59 Å². The largest absolute Gasteiger partial charge is 0.426 e. The van der Waals surface area contributed by atoms with Crippen molar-refractivity contribution in [2.45, 2.75) is 27.2 Å². The van der Waals surface area contributed by atoms with Crippen LogP contribution in [-0.2, 0) is 16.0 Å². The van der Waals surface area contributed by atoms with E-state index in [4.69, 9.17) is 4.74 Å². The molecule has 0 aliphatic carbocycles. The molecule has 0 bridgehead atoms. The third-order valence-corrected chi connectivity index (χ3v) is 3.55. The van der Waals surface area contributed by atoms with E-state index < -0.39 is 5.41 Å². The zero-order valence-electron chi connectivity index (χ0n) is 15.4. The molecule has 136 valence electrons. The molecule has 1 heterocycles. The van der Waals surface area contributed by atoms with E-state index in [1.165, 1.54) is 6.08 Å². The maximum atomic E-state index is 11.9. The van der Waals surface area contributed by atoms with Gasteiger partial charge in [-0.2, -0.15) is 0 Å². The van der Waals surface area contributed by atoms with Gasteiger partial charge in [0.2, 0.25) is 5.91 Å². The molecule has 0 fully saturated rings. The number of carbonyl (C=O) groups excluding carboxylic acids is 2. The molecule has 0 aliphatic heterocycles. The van der Waals surface area contributed by atoms with Crippen molar-refractivity contribution in [1.82, 2.24) is 10.3 Å². The lowest BCUT2D eigenvalue weighted by atomic mass is 9.97. The Bertz CT molecular complexity index is 777.